The zero-order valence-corrected chi connectivity index (χ0v) is 8.95. The molecule has 0 fully saturated rings. The Kier molecular flexibility index (Phi) is 3.74. The number of aromatic nitrogens is 1. The summed E-state index contributed by atoms with van der Waals surface area (Å²) in [7, 11) is 1.62. The molecule has 0 aliphatic rings. The minimum atomic E-state index is 0.0208. The fourth-order valence-electron chi connectivity index (χ4n) is 0.867. The van der Waals surface area contributed by atoms with Gasteiger partial charge in [0.2, 0.25) is 0 Å². The average Bonchev–Trinajstić information content (AvgIpc) is 2.07. The van der Waals surface area contributed by atoms with Crippen LogP contribution in [0, 0.1) is 3.57 Å². The van der Waals surface area contributed by atoms with E-state index in [0.717, 1.165) is 3.57 Å². The predicted molar refractivity (Wildman–Crippen MR) is 55.3 cm³/mol. The Bertz CT molecular complexity index is 308. The normalized spacial score (nSPS) is 10.2. The van der Waals surface area contributed by atoms with E-state index in [1.807, 2.05) is 6.20 Å². The van der Waals surface area contributed by atoms with Crippen LogP contribution in [0.3, 0.4) is 0 Å². The van der Waals surface area contributed by atoms with Crippen molar-refractivity contribution in [2.75, 3.05) is 13.7 Å². The van der Waals surface area contributed by atoms with E-state index in [2.05, 4.69) is 22.6 Å². The number of halogens is 1. The first-order valence-corrected chi connectivity index (χ1v) is 4.67. The summed E-state index contributed by atoms with van der Waals surface area (Å²) in [6.07, 6.45) is 1.82. The third-order valence-electron chi connectivity index (χ3n) is 1.48. The molecule has 0 unspecified atom stereocenters. The van der Waals surface area contributed by atoms with Crippen LogP contribution in [0.2, 0.25) is 0 Å². The predicted octanol–water partition coefficient (Wildman–Crippen LogP) is 1.10. The van der Waals surface area contributed by atoms with Gasteiger partial charge in [-0.3, -0.25) is 4.79 Å². The fourth-order valence-corrected chi connectivity index (χ4v) is 1.38. The van der Waals surface area contributed by atoms with Gasteiger partial charge in [-0.2, -0.15) is 0 Å². The van der Waals surface area contributed by atoms with E-state index in [9.17, 15) is 4.79 Å². The molecule has 0 saturated heterocycles. The van der Waals surface area contributed by atoms with Crippen LogP contribution >= 0.6 is 22.6 Å². The molecule has 1 aromatic heterocycles. The summed E-state index contributed by atoms with van der Waals surface area (Å²) in [6.45, 7) is 1.19. The van der Waals surface area contributed by atoms with Crippen LogP contribution in [0.1, 0.15) is 0 Å². The molecule has 0 saturated carbocycles. The van der Waals surface area contributed by atoms with Crippen LogP contribution < -0.4 is 5.56 Å². The van der Waals surface area contributed by atoms with Crippen LogP contribution in [-0.4, -0.2) is 18.3 Å². The lowest BCUT2D eigenvalue weighted by molar-refractivity contribution is 0.186. The molecule has 4 heteroatoms. The molecule has 1 heterocycles. The molecule has 1 aromatic rings. The quantitative estimate of drug-likeness (QED) is 0.776. The first kappa shape index (κ1) is 9.73. The molecule has 0 bridgehead atoms. The molecule has 1 rings (SSSR count). The van der Waals surface area contributed by atoms with Crippen molar-refractivity contribution >= 4 is 22.6 Å². The maximum Gasteiger partial charge on any atom is 0.250 e. The summed E-state index contributed by atoms with van der Waals surface area (Å²) in [5, 5.41) is 0. The molecular formula is C8H10INO2. The summed E-state index contributed by atoms with van der Waals surface area (Å²) in [4.78, 5) is 11.2. The van der Waals surface area contributed by atoms with E-state index in [1.54, 1.807) is 23.8 Å². The van der Waals surface area contributed by atoms with Gasteiger partial charge >= 0.3 is 0 Å². The molecule has 12 heavy (non-hydrogen) atoms. The van der Waals surface area contributed by atoms with Crippen molar-refractivity contribution in [3.63, 3.8) is 0 Å². The Labute approximate surface area is 84.5 Å². The van der Waals surface area contributed by atoms with Gasteiger partial charge in [0.15, 0.2) is 0 Å². The van der Waals surface area contributed by atoms with Crippen molar-refractivity contribution in [3.8, 4) is 0 Å². The van der Waals surface area contributed by atoms with Gasteiger partial charge in [0.05, 0.1) is 6.61 Å². The highest BCUT2D eigenvalue weighted by molar-refractivity contribution is 14.1. The van der Waals surface area contributed by atoms with Gasteiger partial charge in [-0.25, -0.2) is 0 Å². The van der Waals surface area contributed by atoms with Crippen LogP contribution in [-0.2, 0) is 11.3 Å². The van der Waals surface area contributed by atoms with E-state index in [4.69, 9.17) is 4.74 Å². The lowest BCUT2D eigenvalue weighted by atomic mass is 10.5. The van der Waals surface area contributed by atoms with Crippen molar-refractivity contribution < 1.29 is 4.74 Å². The second-order valence-corrected chi connectivity index (χ2v) is 3.62. The summed E-state index contributed by atoms with van der Waals surface area (Å²) in [5.74, 6) is 0. The Hall–Kier alpha value is -0.360. The van der Waals surface area contributed by atoms with E-state index in [1.165, 1.54) is 0 Å². The molecule has 0 N–H and O–H groups in total. The fraction of sp³-hybridized carbons (Fsp3) is 0.375. The maximum atomic E-state index is 11.2. The zero-order chi connectivity index (χ0) is 8.97. The number of nitrogens with zero attached hydrogens (tertiary/aromatic N) is 1. The second kappa shape index (κ2) is 4.61. The van der Waals surface area contributed by atoms with Crippen molar-refractivity contribution in [1.29, 1.82) is 0 Å². The second-order valence-electron chi connectivity index (χ2n) is 2.37. The minimum absolute atomic E-state index is 0.0208. The number of hydrogen-bond donors (Lipinski definition) is 0. The first-order chi connectivity index (χ1) is 5.74. The Morgan fingerprint density at radius 2 is 2.33 bits per heavy atom. The Balaban J connectivity index is 2.83. The lowest BCUT2D eigenvalue weighted by Crippen LogP contribution is -2.20. The topological polar surface area (TPSA) is 31.2 Å². The van der Waals surface area contributed by atoms with Crippen molar-refractivity contribution in [2.45, 2.75) is 6.54 Å². The van der Waals surface area contributed by atoms with Gasteiger partial charge in [0, 0.05) is 29.5 Å². The smallest absolute Gasteiger partial charge is 0.250 e. The molecule has 0 radical (unpaired) electrons. The van der Waals surface area contributed by atoms with Crippen LogP contribution in [0.25, 0.3) is 0 Å². The number of hydrogen-bond acceptors (Lipinski definition) is 2. The average molecular weight is 279 g/mol. The molecule has 0 aliphatic carbocycles. The number of pyridine rings is 1. The third-order valence-corrected chi connectivity index (χ3v) is 2.12. The lowest BCUT2D eigenvalue weighted by Gasteiger charge is -2.03. The van der Waals surface area contributed by atoms with Gasteiger partial charge in [-0.05, 0) is 28.7 Å². The molecule has 0 aliphatic heterocycles. The number of ether oxygens (including phenoxy) is 1. The van der Waals surface area contributed by atoms with Gasteiger partial charge in [0.25, 0.3) is 5.56 Å². The van der Waals surface area contributed by atoms with Gasteiger partial charge in [-0.15, -0.1) is 0 Å². The summed E-state index contributed by atoms with van der Waals surface area (Å²) >= 11 is 2.17. The van der Waals surface area contributed by atoms with E-state index in [0.29, 0.717) is 13.2 Å². The summed E-state index contributed by atoms with van der Waals surface area (Å²) < 4.78 is 7.58. The molecule has 0 aromatic carbocycles. The van der Waals surface area contributed by atoms with Crippen LogP contribution in [0.15, 0.2) is 23.1 Å². The van der Waals surface area contributed by atoms with Gasteiger partial charge in [-0.1, -0.05) is 0 Å². The highest BCUT2D eigenvalue weighted by atomic mass is 127. The van der Waals surface area contributed by atoms with Crippen molar-refractivity contribution in [1.82, 2.24) is 4.57 Å². The highest BCUT2D eigenvalue weighted by Crippen LogP contribution is 1.99. The zero-order valence-electron chi connectivity index (χ0n) is 6.79. The van der Waals surface area contributed by atoms with Crippen LogP contribution in [0.5, 0.6) is 0 Å². The molecular weight excluding hydrogens is 269 g/mol. The standard InChI is InChI=1S/C8H10INO2/c1-12-5-4-10-6-7(9)2-3-8(10)11/h2-3,6H,4-5H2,1H3. The largest absolute Gasteiger partial charge is 0.383 e. The van der Waals surface area contributed by atoms with Crippen LogP contribution in [0.4, 0.5) is 0 Å². The molecule has 0 amide bonds. The highest BCUT2D eigenvalue weighted by Gasteiger charge is 1.94. The van der Waals surface area contributed by atoms with Crippen molar-refractivity contribution in [3.05, 3.63) is 32.3 Å². The monoisotopic (exact) mass is 279 g/mol. The number of rotatable bonds is 3. The molecule has 0 spiro atoms. The van der Waals surface area contributed by atoms with E-state index in [-0.39, 0.29) is 5.56 Å². The van der Waals surface area contributed by atoms with Crippen molar-refractivity contribution in [2.24, 2.45) is 0 Å². The van der Waals surface area contributed by atoms with E-state index < -0.39 is 0 Å². The Morgan fingerprint density at radius 3 is 3.00 bits per heavy atom. The first-order valence-electron chi connectivity index (χ1n) is 3.59. The minimum Gasteiger partial charge on any atom is -0.383 e. The number of methoxy groups -OCH3 is 1. The van der Waals surface area contributed by atoms with Gasteiger partial charge in [0.1, 0.15) is 0 Å². The third kappa shape index (κ3) is 2.60. The molecule has 0 atom stereocenters. The molecule has 3 nitrogen and oxygen atoms in total. The Morgan fingerprint density at radius 1 is 1.58 bits per heavy atom. The summed E-state index contributed by atoms with van der Waals surface area (Å²) in [6, 6.07) is 3.36. The maximum absolute atomic E-state index is 11.2. The SMILES string of the molecule is COCCn1cc(I)ccc1=O. The molecule has 66 valence electrons. The summed E-state index contributed by atoms with van der Waals surface area (Å²) in [5.41, 5.74) is 0.0208. The van der Waals surface area contributed by atoms with Gasteiger partial charge < -0.3 is 9.30 Å². The van der Waals surface area contributed by atoms with E-state index >= 15 is 0 Å².